The Morgan fingerprint density at radius 2 is 1.78 bits per heavy atom. The van der Waals surface area contributed by atoms with Crippen LogP contribution in [-0.2, 0) is 21.7 Å². The lowest BCUT2D eigenvalue weighted by Gasteiger charge is -2.22. The van der Waals surface area contributed by atoms with E-state index in [9.17, 15) is 20.6 Å². The number of aliphatic hydroxyl groups excluding tert-OH is 1. The van der Waals surface area contributed by atoms with Crippen LogP contribution >= 0.6 is 11.8 Å². The SMILES string of the molecule is COC(=O)CN(C)c1nc(SCc2cccc(C#N)c2)c(C#N)c(-c2ccc(CCCO)cc2)c1C#N. The van der Waals surface area contributed by atoms with Gasteiger partial charge in [-0.1, -0.05) is 36.4 Å². The Morgan fingerprint density at radius 1 is 1.05 bits per heavy atom. The van der Waals surface area contributed by atoms with E-state index >= 15 is 0 Å². The maximum Gasteiger partial charge on any atom is 0.325 e. The normalized spacial score (nSPS) is 10.2. The van der Waals surface area contributed by atoms with E-state index in [0.717, 1.165) is 11.1 Å². The van der Waals surface area contributed by atoms with Crippen molar-refractivity contribution in [1.82, 2.24) is 4.98 Å². The summed E-state index contributed by atoms with van der Waals surface area (Å²) >= 11 is 1.32. The van der Waals surface area contributed by atoms with E-state index in [1.54, 1.807) is 25.2 Å². The summed E-state index contributed by atoms with van der Waals surface area (Å²) in [6, 6.07) is 21.2. The Balaban J connectivity index is 2.14. The Hall–Kier alpha value is -4.36. The van der Waals surface area contributed by atoms with Crippen LogP contribution < -0.4 is 4.90 Å². The molecule has 1 aromatic heterocycles. The highest BCUT2D eigenvalue weighted by molar-refractivity contribution is 7.98. The zero-order valence-electron chi connectivity index (χ0n) is 20.6. The van der Waals surface area contributed by atoms with Crippen molar-refractivity contribution in [2.75, 3.05) is 32.2 Å². The quantitative estimate of drug-likeness (QED) is 0.314. The van der Waals surface area contributed by atoms with Crippen molar-refractivity contribution in [1.29, 1.82) is 15.8 Å². The van der Waals surface area contributed by atoms with Crippen LogP contribution in [0.25, 0.3) is 11.1 Å². The smallest absolute Gasteiger partial charge is 0.325 e. The average molecular weight is 512 g/mol. The fourth-order valence-electron chi connectivity index (χ4n) is 3.77. The van der Waals surface area contributed by atoms with Gasteiger partial charge in [0.05, 0.1) is 24.3 Å². The minimum Gasteiger partial charge on any atom is -0.468 e. The zero-order chi connectivity index (χ0) is 26.8. The van der Waals surface area contributed by atoms with E-state index in [1.807, 2.05) is 30.3 Å². The largest absolute Gasteiger partial charge is 0.468 e. The maximum atomic E-state index is 12.0. The molecule has 0 atom stereocenters. The zero-order valence-corrected chi connectivity index (χ0v) is 21.4. The molecule has 0 saturated carbocycles. The number of thioether (sulfide) groups is 1. The minimum atomic E-state index is -0.491. The minimum absolute atomic E-state index is 0.0943. The van der Waals surface area contributed by atoms with Crippen LogP contribution in [0, 0.1) is 34.0 Å². The summed E-state index contributed by atoms with van der Waals surface area (Å²) < 4.78 is 4.79. The van der Waals surface area contributed by atoms with E-state index < -0.39 is 5.97 Å². The molecule has 0 amide bonds. The van der Waals surface area contributed by atoms with Gasteiger partial charge in [-0.25, -0.2) is 4.98 Å². The highest BCUT2D eigenvalue weighted by Crippen LogP contribution is 2.38. The third kappa shape index (κ3) is 6.65. The fraction of sp³-hybridized carbons (Fsp3) is 0.250. The Bertz CT molecular complexity index is 1400. The van der Waals surface area contributed by atoms with Gasteiger partial charge in [-0.15, -0.1) is 11.8 Å². The van der Waals surface area contributed by atoms with Gasteiger partial charge in [0.1, 0.15) is 35.1 Å². The first-order valence-corrected chi connectivity index (χ1v) is 12.4. The molecule has 3 aromatic rings. The number of methoxy groups -OCH3 is 1. The van der Waals surface area contributed by atoms with Crippen LogP contribution in [0.3, 0.4) is 0 Å². The molecule has 0 aliphatic carbocycles. The maximum absolute atomic E-state index is 12.0. The van der Waals surface area contributed by atoms with E-state index in [1.165, 1.54) is 23.8 Å². The predicted octanol–water partition coefficient (Wildman–Crippen LogP) is 4.19. The van der Waals surface area contributed by atoms with Crippen molar-refractivity contribution in [3.8, 4) is 29.3 Å². The number of carbonyl (C=O) groups excluding carboxylic acids is 1. The number of esters is 1. The van der Waals surface area contributed by atoms with Crippen molar-refractivity contribution in [3.05, 3.63) is 76.3 Å². The second-order valence-corrected chi connectivity index (χ2v) is 9.11. The van der Waals surface area contributed by atoms with Crippen LogP contribution in [0.15, 0.2) is 53.6 Å². The number of likely N-dealkylation sites (N-methyl/N-ethyl adjacent to an activating group) is 1. The molecule has 3 rings (SSSR count). The number of carbonyl (C=O) groups is 1. The molecule has 0 unspecified atom stereocenters. The second-order valence-electron chi connectivity index (χ2n) is 8.15. The first-order chi connectivity index (χ1) is 17.9. The van der Waals surface area contributed by atoms with E-state index in [0.29, 0.717) is 40.3 Å². The molecule has 0 aliphatic heterocycles. The number of pyridine rings is 1. The summed E-state index contributed by atoms with van der Waals surface area (Å²) in [5, 5.41) is 39.1. The molecule has 186 valence electrons. The number of nitriles is 3. The van der Waals surface area contributed by atoms with Crippen molar-refractivity contribution in [3.63, 3.8) is 0 Å². The Labute approximate surface area is 220 Å². The van der Waals surface area contributed by atoms with Gasteiger partial charge >= 0.3 is 5.97 Å². The molecule has 0 radical (unpaired) electrons. The molecule has 8 nitrogen and oxygen atoms in total. The predicted molar refractivity (Wildman–Crippen MR) is 141 cm³/mol. The van der Waals surface area contributed by atoms with Gasteiger partial charge in [0.15, 0.2) is 0 Å². The molecule has 0 aliphatic rings. The number of anilines is 1. The topological polar surface area (TPSA) is 134 Å². The van der Waals surface area contributed by atoms with E-state index in [-0.39, 0.29) is 30.1 Å². The van der Waals surface area contributed by atoms with E-state index in [2.05, 4.69) is 23.2 Å². The summed E-state index contributed by atoms with van der Waals surface area (Å²) in [4.78, 5) is 18.2. The first kappa shape index (κ1) is 27.2. The molecule has 37 heavy (non-hydrogen) atoms. The van der Waals surface area contributed by atoms with Gasteiger partial charge < -0.3 is 14.7 Å². The van der Waals surface area contributed by atoms with Crippen LogP contribution in [0.1, 0.15) is 34.2 Å². The summed E-state index contributed by atoms with van der Waals surface area (Å²) in [6.07, 6.45) is 1.34. The number of aryl methyl sites for hydroxylation is 1. The number of hydrogen-bond acceptors (Lipinski definition) is 9. The molecule has 1 heterocycles. The number of nitrogens with zero attached hydrogens (tertiary/aromatic N) is 5. The van der Waals surface area contributed by atoms with Gasteiger partial charge in [0.2, 0.25) is 0 Å². The Morgan fingerprint density at radius 3 is 2.41 bits per heavy atom. The number of aliphatic hydroxyl groups is 1. The summed E-state index contributed by atoms with van der Waals surface area (Å²) in [5.74, 6) is 0.220. The number of rotatable bonds is 10. The van der Waals surface area contributed by atoms with Crippen molar-refractivity contribution in [2.24, 2.45) is 0 Å². The lowest BCUT2D eigenvalue weighted by Crippen LogP contribution is -2.28. The van der Waals surface area contributed by atoms with Crippen molar-refractivity contribution < 1.29 is 14.6 Å². The summed E-state index contributed by atoms with van der Waals surface area (Å²) in [7, 11) is 2.92. The lowest BCUT2D eigenvalue weighted by atomic mass is 9.95. The molecule has 9 heteroatoms. The van der Waals surface area contributed by atoms with Gasteiger partial charge in [-0.2, -0.15) is 15.8 Å². The summed E-state index contributed by atoms with van der Waals surface area (Å²) in [5.41, 5.74) is 4.00. The summed E-state index contributed by atoms with van der Waals surface area (Å²) in [6.45, 7) is -0.0328. The van der Waals surface area contributed by atoms with Gasteiger partial charge in [-0.3, -0.25) is 4.79 Å². The van der Waals surface area contributed by atoms with Crippen LogP contribution in [0.5, 0.6) is 0 Å². The molecule has 0 fully saturated rings. The van der Waals surface area contributed by atoms with Gasteiger partial charge in [-0.05, 0) is 41.7 Å². The number of ether oxygens (including phenoxy) is 1. The van der Waals surface area contributed by atoms with Crippen molar-refractivity contribution in [2.45, 2.75) is 23.6 Å². The van der Waals surface area contributed by atoms with Crippen molar-refractivity contribution >= 4 is 23.5 Å². The van der Waals surface area contributed by atoms with E-state index in [4.69, 9.17) is 9.84 Å². The molecule has 0 bridgehead atoms. The van der Waals surface area contributed by atoms with Gasteiger partial charge in [0.25, 0.3) is 0 Å². The number of aromatic nitrogens is 1. The lowest BCUT2D eigenvalue weighted by molar-refractivity contribution is -0.138. The molecule has 2 aromatic carbocycles. The second kappa shape index (κ2) is 13.1. The number of benzene rings is 2. The van der Waals surface area contributed by atoms with Crippen LogP contribution in [0.4, 0.5) is 5.82 Å². The molecule has 0 spiro atoms. The third-order valence-electron chi connectivity index (χ3n) is 5.62. The monoisotopic (exact) mass is 511 g/mol. The molecule has 1 N–H and O–H groups in total. The van der Waals surface area contributed by atoms with Crippen LogP contribution in [-0.4, -0.2) is 43.4 Å². The van der Waals surface area contributed by atoms with Crippen LogP contribution in [0.2, 0.25) is 0 Å². The highest BCUT2D eigenvalue weighted by Gasteiger charge is 2.24. The fourth-order valence-corrected chi connectivity index (χ4v) is 4.69. The standard InChI is InChI=1S/C28H25N5O3S/c1-33(17-25(35)36-2)27-23(15-30)26(22-10-8-19(9-11-22)7-4-12-34)24(16-31)28(32-27)37-18-21-6-3-5-20(13-21)14-29/h3,5-6,8-11,13,34H,4,7,12,17-18H2,1-2H3. The molecule has 0 saturated heterocycles. The molecular formula is C28H25N5O3S. The third-order valence-corrected chi connectivity index (χ3v) is 6.67. The van der Waals surface area contributed by atoms with Gasteiger partial charge in [0, 0.05) is 25.0 Å². The molecular weight excluding hydrogens is 486 g/mol. The average Bonchev–Trinajstić information content (AvgIpc) is 2.94. The number of hydrogen-bond donors (Lipinski definition) is 1. The highest BCUT2D eigenvalue weighted by atomic mass is 32.2. The first-order valence-electron chi connectivity index (χ1n) is 11.4. The Kier molecular flexibility index (Phi) is 9.63.